The first kappa shape index (κ1) is 9.97. The van der Waals surface area contributed by atoms with E-state index in [1.165, 1.54) is 15.6 Å². The normalized spacial score (nSPS) is 13.4. The highest BCUT2D eigenvalue weighted by molar-refractivity contribution is 7.17. The molecule has 1 atom stereocenters. The van der Waals surface area contributed by atoms with Gasteiger partial charge in [-0.25, -0.2) is 0 Å². The van der Waals surface area contributed by atoms with Crippen LogP contribution >= 0.6 is 22.9 Å². The zero-order valence-electron chi connectivity index (χ0n) is 7.96. The van der Waals surface area contributed by atoms with Crippen molar-refractivity contribution in [2.75, 3.05) is 0 Å². The van der Waals surface area contributed by atoms with E-state index in [9.17, 15) is 0 Å². The van der Waals surface area contributed by atoms with Crippen molar-refractivity contribution in [2.45, 2.75) is 19.4 Å². The van der Waals surface area contributed by atoms with Crippen molar-refractivity contribution in [1.29, 1.82) is 0 Å². The van der Waals surface area contributed by atoms with Crippen molar-refractivity contribution < 1.29 is 0 Å². The molecule has 1 nitrogen and oxygen atoms in total. The number of fused-ring (bicyclic) bond motifs is 1. The molecular formula is C11H12ClNS. The van der Waals surface area contributed by atoms with E-state index in [0.717, 1.165) is 11.4 Å². The third-order valence-electron chi connectivity index (χ3n) is 2.17. The van der Waals surface area contributed by atoms with Crippen LogP contribution in [0.25, 0.3) is 10.1 Å². The second-order valence-electron chi connectivity index (χ2n) is 3.56. The Hall–Kier alpha value is -0.570. The molecule has 0 spiro atoms. The number of hydrogen-bond acceptors (Lipinski definition) is 2. The van der Waals surface area contributed by atoms with Gasteiger partial charge in [0.25, 0.3) is 0 Å². The van der Waals surface area contributed by atoms with Crippen LogP contribution in [-0.4, -0.2) is 6.04 Å². The molecule has 0 fully saturated rings. The lowest BCUT2D eigenvalue weighted by Crippen LogP contribution is -2.17. The average molecular weight is 226 g/mol. The van der Waals surface area contributed by atoms with Crippen LogP contribution in [0, 0.1) is 0 Å². The fourth-order valence-corrected chi connectivity index (χ4v) is 2.96. The lowest BCUT2D eigenvalue weighted by molar-refractivity contribution is 0.743. The van der Waals surface area contributed by atoms with Crippen LogP contribution in [0.3, 0.4) is 0 Å². The van der Waals surface area contributed by atoms with E-state index in [-0.39, 0.29) is 6.04 Å². The lowest BCUT2D eigenvalue weighted by Gasteiger charge is -2.04. The van der Waals surface area contributed by atoms with Crippen LogP contribution in [0.2, 0.25) is 5.02 Å². The molecule has 1 unspecified atom stereocenters. The van der Waals surface area contributed by atoms with Crippen LogP contribution in [0.4, 0.5) is 0 Å². The Morgan fingerprint density at radius 1 is 1.50 bits per heavy atom. The van der Waals surface area contributed by atoms with E-state index in [4.69, 9.17) is 17.3 Å². The van der Waals surface area contributed by atoms with Crippen molar-refractivity contribution in [3.05, 3.63) is 34.2 Å². The zero-order chi connectivity index (χ0) is 10.1. The summed E-state index contributed by atoms with van der Waals surface area (Å²) in [5, 5.41) is 4.16. The Morgan fingerprint density at radius 2 is 2.29 bits per heavy atom. The summed E-state index contributed by atoms with van der Waals surface area (Å²) in [5.41, 5.74) is 7.06. The summed E-state index contributed by atoms with van der Waals surface area (Å²) >= 11 is 7.88. The van der Waals surface area contributed by atoms with Gasteiger partial charge in [0.15, 0.2) is 0 Å². The standard InChI is InChI=1S/C11H12ClNS/c1-7(13)5-8-6-14-10-4-2-3-9(12)11(8)10/h2-4,6-7H,5,13H2,1H3. The molecule has 0 radical (unpaired) electrons. The molecule has 3 heteroatoms. The summed E-state index contributed by atoms with van der Waals surface area (Å²) in [4.78, 5) is 0. The van der Waals surface area contributed by atoms with Gasteiger partial charge in [-0.15, -0.1) is 11.3 Å². The lowest BCUT2D eigenvalue weighted by atomic mass is 10.1. The minimum Gasteiger partial charge on any atom is -0.328 e. The van der Waals surface area contributed by atoms with Gasteiger partial charge in [0, 0.05) is 21.2 Å². The maximum absolute atomic E-state index is 6.15. The van der Waals surface area contributed by atoms with E-state index in [0.29, 0.717) is 0 Å². The topological polar surface area (TPSA) is 26.0 Å². The van der Waals surface area contributed by atoms with Crippen molar-refractivity contribution in [2.24, 2.45) is 5.73 Å². The highest BCUT2D eigenvalue weighted by atomic mass is 35.5. The highest BCUT2D eigenvalue weighted by Gasteiger charge is 2.08. The highest BCUT2D eigenvalue weighted by Crippen LogP contribution is 2.32. The summed E-state index contributed by atoms with van der Waals surface area (Å²) in [6.07, 6.45) is 0.893. The number of hydrogen-bond donors (Lipinski definition) is 1. The molecular weight excluding hydrogens is 214 g/mol. The van der Waals surface area contributed by atoms with Crippen molar-refractivity contribution >= 4 is 33.0 Å². The third kappa shape index (κ3) is 1.78. The number of thiophene rings is 1. The molecule has 0 amide bonds. The van der Waals surface area contributed by atoms with Crippen LogP contribution in [-0.2, 0) is 6.42 Å². The monoisotopic (exact) mass is 225 g/mol. The fraction of sp³-hybridized carbons (Fsp3) is 0.273. The maximum Gasteiger partial charge on any atom is 0.0495 e. The first-order valence-electron chi connectivity index (χ1n) is 4.58. The van der Waals surface area contributed by atoms with Crippen LogP contribution in [0.5, 0.6) is 0 Å². The predicted molar refractivity (Wildman–Crippen MR) is 64.2 cm³/mol. The molecule has 2 N–H and O–H groups in total. The van der Waals surface area contributed by atoms with Gasteiger partial charge < -0.3 is 5.73 Å². The molecule has 1 aromatic heterocycles. The second-order valence-corrected chi connectivity index (χ2v) is 4.87. The van der Waals surface area contributed by atoms with Crippen LogP contribution in [0.1, 0.15) is 12.5 Å². The van der Waals surface area contributed by atoms with Gasteiger partial charge >= 0.3 is 0 Å². The van der Waals surface area contributed by atoms with E-state index in [1.54, 1.807) is 11.3 Å². The SMILES string of the molecule is CC(N)Cc1csc2cccc(Cl)c12. The minimum absolute atomic E-state index is 0.184. The molecule has 74 valence electrons. The van der Waals surface area contributed by atoms with Gasteiger partial charge in [-0.3, -0.25) is 0 Å². The average Bonchev–Trinajstić information content (AvgIpc) is 2.49. The summed E-state index contributed by atoms with van der Waals surface area (Å²) in [7, 11) is 0. The Morgan fingerprint density at radius 3 is 3.00 bits per heavy atom. The van der Waals surface area contributed by atoms with Gasteiger partial charge in [0.05, 0.1) is 0 Å². The molecule has 2 aromatic rings. The fourth-order valence-electron chi connectivity index (χ4n) is 1.60. The number of halogens is 1. The quantitative estimate of drug-likeness (QED) is 0.833. The van der Waals surface area contributed by atoms with Gasteiger partial charge in [-0.2, -0.15) is 0 Å². The van der Waals surface area contributed by atoms with Gasteiger partial charge in [0.2, 0.25) is 0 Å². The summed E-state index contributed by atoms with van der Waals surface area (Å²) < 4.78 is 1.24. The molecule has 0 saturated heterocycles. The smallest absolute Gasteiger partial charge is 0.0495 e. The molecule has 0 bridgehead atoms. The Balaban J connectivity index is 2.55. The predicted octanol–water partition coefficient (Wildman–Crippen LogP) is 3.44. The van der Waals surface area contributed by atoms with E-state index in [1.807, 2.05) is 19.1 Å². The van der Waals surface area contributed by atoms with Crippen molar-refractivity contribution in [1.82, 2.24) is 0 Å². The minimum atomic E-state index is 0.184. The van der Waals surface area contributed by atoms with Gasteiger partial charge in [-0.1, -0.05) is 17.7 Å². The number of benzene rings is 1. The van der Waals surface area contributed by atoms with E-state index in [2.05, 4.69) is 11.4 Å². The second kappa shape index (κ2) is 3.89. The van der Waals surface area contributed by atoms with E-state index < -0.39 is 0 Å². The molecule has 14 heavy (non-hydrogen) atoms. The summed E-state index contributed by atoms with van der Waals surface area (Å²) in [5.74, 6) is 0. The largest absolute Gasteiger partial charge is 0.328 e. The van der Waals surface area contributed by atoms with Gasteiger partial charge in [-0.05, 0) is 36.4 Å². The number of nitrogens with two attached hydrogens (primary N) is 1. The number of rotatable bonds is 2. The first-order valence-corrected chi connectivity index (χ1v) is 5.84. The Kier molecular flexibility index (Phi) is 2.77. The molecule has 0 aliphatic rings. The molecule has 0 aliphatic carbocycles. The Labute approximate surface area is 92.5 Å². The third-order valence-corrected chi connectivity index (χ3v) is 3.48. The molecule has 0 saturated carbocycles. The first-order chi connectivity index (χ1) is 6.68. The molecule has 2 rings (SSSR count). The van der Waals surface area contributed by atoms with Crippen LogP contribution < -0.4 is 5.73 Å². The molecule has 0 aliphatic heterocycles. The van der Waals surface area contributed by atoms with Crippen molar-refractivity contribution in [3.8, 4) is 0 Å². The zero-order valence-corrected chi connectivity index (χ0v) is 9.53. The maximum atomic E-state index is 6.15. The Bertz CT molecular complexity index is 447. The molecule has 1 aromatic carbocycles. The summed E-state index contributed by atoms with van der Waals surface area (Å²) in [6.45, 7) is 2.01. The summed E-state index contributed by atoms with van der Waals surface area (Å²) in [6, 6.07) is 6.19. The molecule has 1 heterocycles. The van der Waals surface area contributed by atoms with Crippen molar-refractivity contribution in [3.63, 3.8) is 0 Å². The van der Waals surface area contributed by atoms with Crippen LogP contribution in [0.15, 0.2) is 23.6 Å². The van der Waals surface area contributed by atoms with E-state index >= 15 is 0 Å². The van der Waals surface area contributed by atoms with Gasteiger partial charge in [0.1, 0.15) is 0 Å².